The van der Waals surface area contributed by atoms with Crippen LogP contribution in [0.5, 0.6) is 11.5 Å². The van der Waals surface area contributed by atoms with E-state index in [0.717, 1.165) is 24.5 Å². The molecule has 1 atom stereocenters. The number of benzene rings is 2. The third-order valence-corrected chi connectivity index (χ3v) is 4.05. The Kier molecular flexibility index (Phi) is 7.13. The van der Waals surface area contributed by atoms with Crippen molar-refractivity contribution >= 4 is 0 Å². The first-order chi connectivity index (χ1) is 11.6. The smallest absolute Gasteiger partial charge is 0.161 e. The fraction of sp³-hybridized carbons (Fsp3) is 0.429. The van der Waals surface area contributed by atoms with Crippen LogP contribution in [0.4, 0.5) is 0 Å². The zero-order valence-electron chi connectivity index (χ0n) is 15.3. The molecule has 24 heavy (non-hydrogen) atoms. The van der Waals surface area contributed by atoms with E-state index in [2.05, 4.69) is 62.5 Å². The lowest BCUT2D eigenvalue weighted by Gasteiger charge is -2.15. The summed E-state index contributed by atoms with van der Waals surface area (Å²) in [4.78, 5) is 0. The van der Waals surface area contributed by atoms with Crippen molar-refractivity contribution in [1.82, 2.24) is 5.32 Å². The van der Waals surface area contributed by atoms with E-state index >= 15 is 0 Å². The molecule has 2 aromatic carbocycles. The predicted molar refractivity (Wildman–Crippen MR) is 99.7 cm³/mol. The van der Waals surface area contributed by atoms with E-state index in [1.165, 1.54) is 16.7 Å². The van der Waals surface area contributed by atoms with Gasteiger partial charge in [-0.25, -0.2) is 0 Å². The van der Waals surface area contributed by atoms with E-state index in [4.69, 9.17) is 9.47 Å². The van der Waals surface area contributed by atoms with Crippen LogP contribution >= 0.6 is 0 Å². The van der Waals surface area contributed by atoms with E-state index in [-0.39, 0.29) is 0 Å². The van der Waals surface area contributed by atoms with Crippen LogP contribution in [0.25, 0.3) is 0 Å². The normalized spacial score (nSPS) is 12.0. The summed E-state index contributed by atoms with van der Waals surface area (Å²) in [6, 6.07) is 15.1. The summed E-state index contributed by atoms with van der Waals surface area (Å²) < 4.78 is 11.8. The maximum absolute atomic E-state index is 5.99. The van der Waals surface area contributed by atoms with Crippen LogP contribution in [-0.4, -0.2) is 12.6 Å². The molecule has 0 saturated heterocycles. The Labute approximate surface area is 146 Å². The van der Waals surface area contributed by atoms with Crippen molar-refractivity contribution in [1.29, 1.82) is 0 Å². The molecule has 1 N–H and O–H groups in total. The van der Waals surface area contributed by atoms with E-state index in [1.807, 2.05) is 13.0 Å². The minimum Gasteiger partial charge on any atom is -0.490 e. The van der Waals surface area contributed by atoms with Gasteiger partial charge >= 0.3 is 0 Å². The highest BCUT2D eigenvalue weighted by molar-refractivity contribution is 5.43. The standard InChI is InChI=1S/C21H29NO2/c1-5-17(4)22-14-18-10-11-20(21(13-18)23-6-2)24-15-19-9-7-8-16(3)12-19/h7-13,17,22H,5-6,14-15H2,1-4H3. The molecule has 0 saturated carbocycles. The molecule has 0 bridgehead atoms. The molecule has 0 aromatic heterocycles. The highest BCUT2D eigenvalue weighted by atomic mass is 16.5. The lowest BCUT2D eigenvalue weighted by molar-refractivity contribution is 0.269. The molecule has 0 aliphatic rings. The number of hydrogen-bond donors (Lipinski definition) is 1. The van der Waals surface area contributed by atoms with Gasteiger partial charge in [-0.1, -0.05) is 42.8 Å². The molecule has 0 aliphatic carbocycles. The molecule has 2 rings (SSSR count). The largest absolute Gasteiger partial charge is 0.490 e. The molecule has 1 unspecified atom stereocenters. The summed E-state index contributed by atoms with van der Waals surface area (Å²) in [7, 11) is 0. The van der Waals surface area contributed by atoms with Crippen molar-refractivity contribution in [3.8, 4) is 11.5 Å². The number of aryl methyl sites for hydroxylation is 1. The Hall–Kier alpha value is -2.00. The molecule has 3 heteroatoms. The molecule has 0 fully saturated rings. The molecule has 0 amide bonds. The molecule has 0 radical (unpaired) electrons. The van der Waals surface area contributed by atoms with Gasteiger partial charge in [-0.05, 0) is 50.5 Å². The topological polar surface area (TPSA) is 30.5 Å². The second kappa shape index (κ2) is 9.33. The van der Waals surface area contributed by atoms with Crippen molar-refractivity contribution < 1.29 is 9.47 Å². The number of nitrogens with one attached hydrogen (secondary N) is 1. The first-order valence-corrected chi connectivity index (χ1v) is 8.79. The molecule has 2 aromatic rings. The highest BCUT2D eigenvalue weighted by Crippen LogP contribution is 2.29. The molecule has 3 nitrogen and oxygen atoms in total. The number of ether oxygens (including phenoxy) is 2. The van der Waals surface area contributed by atoms with E-state index in [0.29, 0.717) is 19.3 Å². The Morgan fingerprint density at radius 2 is 1.79 bits per heavy atom. The van der Waals surface area contributed by atoms with Crippen LogP contribution in [-0.2, 0) is 13.2 Å². The summed E-state index contributed by atoms with van der Waals surface area (Å²) in [5.41, 5.74) is 3.62. The molecular weight excluding hydrogens is 298 g/mol. The lowest BCUT2D eigenvalue weighted by Crippen LogP contribution is -2.24. The summed E-state index contributed by atoms with van der Waals surface area (Å²) in [6.45, 7) is 10.5. The maximum Gasteiger partial charge on any atom is 0.161 e. The van der Waals surface area contributed by atoms with Crippen LogP contribution in [0.1, 0.15) is 43.9 Å². The van der Waals surface area contributed by atoms with Gasteiger partial charge in [0.1, 0.15) is 6.61 Å². The quantitative estimate of drug-likeness (QED) is 0.713. The van der Waals surface area contributed by atoms with Gasteiger partial charge < -0.3 is 14.8 Å². The Morgan fingerprint density at radius 1 is 0.958 bits per heavy atom. The molecular formula is C21H29NO2. The molecule has 130 valence electrons. The fourth-order valence-corrected chi connectivity index (χ4v) is 2.45. The van der Waals surface area contributed by atoms with Gasteiger partial charge in [-0.2, -0.15) is 0 Å². The Morgan fingerprint density at radius 3 is 2.50 bits per heavy atom. The summed E-state index contributed by atoms with van der Waals surface area (Å²) >= 11 is 0. The SMILES string of the molecule is CCOc1cc(CNC(C)CC)ccc1OCc1cccc(C)c1. The number of rotatable bonds is 9. The molecule has 0 aliphatic heterocycles. The summed E-state index contributed by atoms with van der Waals surface area (Å²) in [6.07, 6.45) is 1.12. The van der Waals surface area contributed by atoms with Gasteiger partial charge in [0.15, 0.2) is 11.5 Å². The van der Waals surface area contributed by atoms with Gasteiger partial charge in [-0.3, -0.25) is 0 Å². The number of hydrogen-bond acceptors (Lipinski definition) is 3. The third-order valence-electron chi connectivity index (χ3n) is 4.05. The van der Waals surface area contributed by atoms with E-state index < -0.39 is 0 Å². The van der Waals surface area contributed by atoms with Gasteiger partial charge in [0, 0.05) is 12.6 Å². The predicted octanol–water partition coefficient (Wildman–Crippen LogP) is 4.86. The summed E-state index contributed by atoms with van der Waals surface area (Å²) in [5, 5.41) is 3.51. The van der Waals surface area contributed by atoms with Crippen LogP contribution in [0.15, 0.2) is 42.5 Å². The zero-order valence-corrected chi connectivity index (χ0v) is 15.3. The maximum atomic E-state index is 5.99. The van der Waals surface area contributed by atoms with Crippen LogP contribution in [0.2, 0.25) is 0 Å². The average molecular weight is 327 g/mol. The van der Waals surface area contributed by atoms with E-state index in [1.54, 1.807) is 0 Å². The van der Waals surface area contributed by atoms with Crippen LogP contribution < -0.4 is 14.8 Å². The minimum atomic E-state index is 0.512. The van der Waals surface area contributed by atoms with Crippen molar-refractivity contribution in [2.45, 2.75) is 53.3 Å². The van der Waals surface area contributed by atoms with Gasteiger partial charge in [-0.15, -0.1) is 0 Å². The third kappa shape index (κ3) is 5.57. The Balaban J connectivity index is 2.05. The second-order valence-corrected chi connectivity index (χ2v) is 6.18. The Bertz CT molecular complexity index is 639. The zero-order chi connectivity index (χ0) is 17.4. The molecule has 0 heterocycles. The van der Waals surface area contributed by atoms with Crippen LogP contribution in [0.3, 0.4) is 0 Å². The van der Waals surface area contributed by atoms with E-state index in [9.17, 15) is 0 Å². The van der Waals surface area contributed by atoms with Gasteiger partial charge in [0.2, 0.25) is 0 Å². The monoisotopic (exact) mass is 327 g/mol. The van der Waals surface area contributed by atoms with Crippen molar-refractivity contribution in [2.75, 3.05) is 6.61 Å². The average Bonchev–Trinajstić information content (AvgIpc) is 2.59. The van der Waals surface area contributed by atoms with Crippen molar-refractivity contribution in [3.63, 3.8) is 0 Å². The van der Waals surface area contributed by atoms with Crippen LogP contribution in [0, 0.1) is 6.92 Å². The van der Waals surface area contributed by atoms with Crippen molar-refractivity contribution in [2.24, 2.45) is 0 Å². The first-order valence-electron chi connectivity index (χ1n) is 8.79. The second-order valence-electron chi connectivity index (χ2n) is 6.18. The minimum absolute atomic E-state index is 0.512. The first kappa shape index (κ1) is 18.3. The lowest BCUT2D eigenvalue weighted by atomic mass is 10.1. The van der Waals surface area contributed by atoms with Gasteiger partial charge in [0.05, 0.1) is 6.61 Å². The van der Waals surface area contributed by atoms with Gasteiger partial charge in [0.25, 0.3) is 0 Å². The van der Waals surface area contributed by atoms with Crippen molar-refractivity contribution in [3.05, 3.63) is 59.2 Å². The highest BCUT2D eigenvalue weighted by Gasteiger charge is 2.08. The molecule has 0 spiro atoms. The summed E-state index contributed by atoms with van der Waals surface area (Å²) in [5.74, 6) is 1.61. The fourth-order valence-electron chi connectivity index (χ4n) is 2.45.